The Morgan fingerprint density at radius 1 is 1.56 bits per heavy atom. The zero-order valence-corrected chi connectivity index (χ0v) is 6.82. The van der Waals surface area contributed by atoms with Crippen LogP contribution >= 0.6 is 11.6 Å². The minimum Gasteiger partial charge on any atom is -0.123 e. The minimum atomic E-state index is 0.454. The highest BCUT2D eigenvalue weighted by atomic mass is 35.5. The first-order valence-corrected chi connectivity index (χ1v) is 4.40. The molecule has 1 unspecified atom stereocenters. The molecule has 0 amide bonds. The lowest BCUT2D eigenvalue weighted by Gasteiger charge is -2.26. The highest BCUT2D eigenvalue weighted by Gasteiger charge is 2.19. The van der Waals surface area contributed by atoms with Crippen LogP contribution in [-0.2, 0) is 0 Å². The van der Waals surface area contributed by atoms with Crippen molar-refractivity contribution in [1.29, 1.82) is 0 Å². The zero-order chi connectivity index (χ0) is 6.69. The van der Waals surface area contributed by atoms with Gasteiger partial charge in [0.05, 0.1) is 0 Å². The smallest absolute Gasteiger partial charge is 0.0336 e. The highest BCUT2D eigenvalue weighted by molar-refractivity contribution is 6.20. The molecule has 0 saturated heterocycles. The van der Waals surface area contributed by atoms with E-state index in [0.29, 0.717) is 5.38 Å². The first kappa shape index (κ1) is 7.40. The zero-order valence-electron chi connectivity index (χ0n) is 6.07. The van der Waals surface area contributed by atoms with E-state index >= 15 is 0 Å². The van der Waals surface area contributed by atoms with Crippen molar-refractivity contribution >= 4 is 11.6 Å². The van der Waals surface area contributed by atoms with Crippen LogP contribution in [-0.4, -0.2) is 5.38 Å². The van der Waals surface area contributed by atoms with E-state index in [1.165, 1.54) is 25.7 Å². The van der Waals surface area contributed by atoms with Crippen LogP contribution in [0.3, 0.4) is 0 Å². The van der Waals surface area contributed by atoms with Gasteiger partial charge in [-0.25, -0.2) is 0 Å². The molecule has 0 aromatic heterocycles. The van der Waals surface area contributed by atoms with E-state index in [-0.39, 0.29) is 0 Å². The number of halogens is 1. The minimum absolute atomic E-state index is 0.454. The molecule has 0 N–H and O–H groups in total. The van der Waals surface area contributed by atoms with E-state index in [0.717, 1.165) is 12.3 Å². The van der Waals surface area contributed by atoms with Crippen molar-refractivity contribution in [1.82, 2.24) is 0 Å². The third kappa shape index (κ3) is 2.17. The monoisotopic (exact) mass is 146 g/mol. The average molecular weight is 147 g/mol. The molecule has 0 nitrogen and oxygen atoms in total. The lowest BCUT2D eigenvalue weighted by atomic mass is 9.82. The van der Waals surface area contributed by atoms with Gasteiger partial charge in [-0.05, 0) is 18.8 Å². The highest BCUT2D eigenvalue weighted by Crippen LogP contribution is 2.32. The molecular weight excluding hydrogens is 132 g/mol. The largest absolute Gasteiger partial charge is 0.123 e. The average Bonchev–Trinajstić information content (AvgIpc) is 1.78. The molecule has 9 heavy (non-hydrogen) atoms. The van der Waals surface area contributed by atoms with E-state index in [9.17, 15) is 0 Å². The van der Waals surface area contributed by atoms with Crippen LogP contribution in [0, 0.1) is 5.92 Å². The van der Waals surface area contributed by atoms with Gasteiger partial charge in [-0.1, -0.05) is 26.2 Å². The molecule has 0 aromatic carbocycles. The van der Waals surface area contributed by atoms with Crippen molar-refractivity contribution in [2.24, 2.45) is 5.92 Å². The van der Waals surface area contributed by atoms with Crippen LogP contribution in [0.1, 0.15) is 39.0 Å². The number of alkyl halides is 1. The maximum Gasteiger partial charge on any atom is 0.0336 e. The fraction of sp³-hybridized carbons (Fsp3) is 1.00. The van der Waals surface area contributed by atoms with Gasteiger partial charge in [0.2, 0.25) is 0 Å². The number of hydrogen-bond acceptors (Lipinski definition) is 0. The Bertz CT molecular complexity index is 73.9. The van der Waals surface area contributed by atoms with E-state index in [4.69, 9.17) is 11.6 Å². The van der Waals surface area contributed by atoms with Gasteiger partial charge in [0.15, 0.2) is 0 Å². The molecule has 0 heterocycles. The van der Waals surface area contributed by atoms with Crippen molar-refractivity contribution in [3.05, 3.63) is 0 Å². The summed E-state index contributed by atoms with van der Waals surface area (Å²) in [5.74, 6) is 0.979. The summed E-state index contributed by atoms with van der Waals surface area (Å²) in [6.45, 7) is 2.16. The second-order valence-corrected chi connectivity index (χ2v) is 3.66. The van der Waals surface area contributed by atoms with Crippen LogP contribution in [0.25, 0.3) is 0 Å². The summed E-state index contributed by atoms with van der Waals surface area (Å²) >= 11 is 5.97. The summed E-state index contributed by atoms with van der Waals surface area (Å²) in [7, 11) is 0. The summed E-state index contributed by atoms with van der Waals surface area (Å²) in [5.41, 5.74) is 0. The molecule has 0 spiro atoms. The predicted octanol–water partition coefficient (Wildman–Crippen LogP) is 3.19. The summed E-state index contributed by atoms with van der Waals surface area (Å²) in [6.07, 6.45) is 6.71. The van der Waals surface area contributed by atoms with Crippen molar-refractivity contribution in [3.63, 3.8) is 0 Å². The van der Waals surface area contributed by atoms with Crippen LogP contribution < -0.4 is 0 Å². The van der Waals surface area contributed by atoms with E-state index in [1.807, 2.05) is 0 Å². The third-order valence-corrected chi connectivity index (χ3v) is 2.74. The molecule has 1 aliphatic rings. The molecule has 1 fully saturated rings. The molecule has 0 aliphatic heterocycles. The summed E-state index contributed by atoms with van der Waals surface area (Å²) in [6, 6.07) is 0. The normalized spacial score (nSPS) is 23.3. The van der Waals surface area contributed by atoms with Gasteiger partial charge in [-0.3, -0.25) is 0 Å². The van der Waals surface area contributed by atoms with Crippen molar-refractivity contribution < 1.29 is 0 Å². The van der Waals surface area contributed by atoms with E-state index in [1.54, 1.807) is 0 Å². The van der Waals surface area contributed by atoms with E-state index < -0.39 is 0 Å². The van der Waals surface area contributed by atoms with Gasteiger partial charge in [-0.15, -0.1) is 11.6 Å². The third-order valence-electron chi connectivity index (χ3n) is 2.26. The van der Waals surface area contributed by atoms with Gasteiger partial charge in [0.25, 0.3) is 0 Å². The Balaban J connectivity index is 2.01. The molecule has 1 atom stereocenters. The molecule has 0 bridgehead atoms. The maximum atomic E-state index is 5.97. The molecule has 1 rings (SSSR count). The predicted molar refractivity (Wildman–Crippen MR) is 41.9 cm³/mol. The number of rotatable bonds is 3. The van der Waals surface area contributed by atoms with Crippen LogP contribution in [0.2, 0.25) is 0 Å². The standard InChI is InChI=1S/C8H15Cl/c1-2-8(9)6-7-4-3-5-7/h7-8H,2-6H2,1H3. The van der Waals surface area contributed by atoms with Crippen molar-refractivity contribution in [3.8, 4) is 0 Å². The lowest BCUT2D eigenvalue weighted by molar-refractivity contribution is 0.291. The second-order valence-electron chi connectivity index (χ2n) is 3.04. The van der Waals surface area contributed by atoms with Crippen LogP contribution in [0.5, 0.6) is 0 Å². The Morgan fingerprint density at radius 2 is 2.22 bits per heavy atom. The van der Waals surface area contributed by atoms with Crippen LogP contribution in [0.4, 0.5) is 0 Å². The molecule has 1 aliphatic carbocycles. The molecule has 0 aromatic rings. The first-order chi connectivity index (χ1) is 4.33. The van der Waals surface area contributed by atoms with Gasteiger partial charge in [0.1, 0.15) is 0 Å². The van der Waals surface area contributed by atoms with Crippen molar-refractivity contribution in [2.45, 2.75) is 44.4 Å². The van der Waals surface area contributed by atoms with Crippen molar-refractivity contribution in [2.75, 3.05) is 0 Å². The van der Waals surface area contributed by atoms with Gasteiger partial charge < -0.3 is 0 Å². The van der Waals surface area contributed by atoms with Gasteiger partial charge in [-0.2, -0.15) is 0 Å². The lowest BCUT2D eigenvalue weighted by Crippen LogP contribution is -2.15. The Kier molecular flexibility index (Phi) is 2.84. The molecule has 1 heteroatoms. The van der Waals surface area contributed by atoms with Gasteiger partial charge >= 0.3 is 0 Å². The molecule has 0 radical (unpaired) electrons. The van der Waals surface area contributed by atoms with E-state index in [2.05, 4.69) is 6.92 Å². The Morgan fingerprint density at radius 3 is 2.56 bits per heavy atom. The number of hydrogen-bond donors (Lipinski definition) is 0. The van der Waals surface area contributed by atoms with Crippen LogP contribution in [0.15, 0.2) is 0 Å². The summed E-state index contributed by atoms with van der Waals surface area (Å²) in [4.78, 5) is 0. The topological polar surface area (TPSA) is 0 Å². The molecule has 54 valence electrons. The fourth-order valence-corrected chi connectivity index (χ4v) is 1.51. The summed E-state index contributed by atoms with van der Waals surface area (Å²) < 4.78 is 0. The first-order valence-electron chi connectivity index (χ1n) is 3.97. The Labute approximate surface area is 62.6 Å². The molecule has 1 saturated carbocycles. The quantitative estimate of drug-likeness (QED) is 0.537. The summed E-state index contributed by atoms with van der Waals surface area (Å²) in [5, 5.41) is 0.454. The maximum absolute atomic E-state index is 5.97. The molecular formula is C8H15Cl. The van der Waals surface area contributed by atoms with Gasteiger partial charge in [0, 0.05) is 5.38 Å². The SMILES string of the molecule is CCC(Cl)CC1CCC1. The fourth-order valence-electron chi connectivity index (χ4n) is 1.26. The Hall–Kier alpha value is 0.290. The second kappa shape index (κ2) is 3.46.